The van der Waals surface area contributed by atoms with Crippen LogP contribution in [0.1, 0.15) is 33.1 Å². The fourth-order valence-corrected chi connectivity index (χ4v) is 1.76. The third-order valence-corrected chi connectivity index (χ3v) is 2.81. The average molecular weight is 201 g/mol. The van der Waals surface area contributed by atoms with Crippen LogP contribution in [0.2, 0.25) is 0 Å². The van der Waals surface area contributed by atoms with Crippen LogP contribution in [0.3, 0.4) is 0 Å². The van der Waals surface area contributed by atoms with E-state index in [0.29, 0.717) is 12.1 Å². The molecular weight excluding hydrogens is 178 g/mol. The number of rotatable bonds is 7. The Morgan fingerprint density at radius 2 is 2.07 bits per heavy atom. The highest BCUT2D eigenvalue weighted by molar-refractivity contribution is 4.79. The molecule has 1 N–H and O–H groups in total. The fraction of sp³-hybridized carbons (Fsp3) is 1.00. The summed E-state index contributed by atoms with van der Waals surface area (Å²) in [5, 5.41) is 8.93. The molecule has 0 bridgehead atoms. The Morgan fingerprint density at radius 3 is 2.50 bits per heavy atom. The topological polar surface area (TPSA) is 32.7 Å². The summed E-state index contributed by atoms with van der Waals surface area (Å²) in [5.74, 6) is 0. The van der Waals surface area contributed by atoms with Crippen LogP contribution in [-0.2, 0) is 4.74 Å². The first-order valence-corrected chi connectivity index (χ1v) is 5.70. The monoisotopic (exact) mass is 201 g/mol. The third kappa shape index (κ3) is 3.95. The molecule has 0 unspecified atom stereocenters. The first-order chi connectivity index (χ1) is 6.74. The van der Waals surface area contributed by atoms with Crippen molar-refractivity contribution in [3.05, 3.63) is 0 Å². The first-order valence-electron chi connectivity index (χ1n) is 5.70. The molecule has 3 nitrogen and oxygen atoms in total. The van der Waals surface area contributed by atoms with Gasteiger partial charge in [-0.15, -0.1) is 0 Å². The van der Waals surface area contributed by atoms with Crippen molar-refractivity contribution >= 4 is 0 Å². The van der Waals surface area contributed by atoms with Crippen LogP contribution in [-0.4, -0.2) is 48.5 Å². The zero-order chi connectivity index (χ0) is 10.4. The van der Waals surface area contributed by atoms with Crippen LogP contribution in [0.25, 0.3) is 0 Å². The molecule has 0 aromatic carbocycles. The highest BCUT2D eigenvalue weighted by Crippen LogP contribution is 2.24. The minimum atomic E-state index is 0.262. The summed E-state index contributed by atoms with van der Waals surface area (Å²) < 4.78 is 5.51. The number of aliphatic hydroxyl groups is 1. The Bertz CT molecular complexity index is 146. The number of ether oxygens (including phenoxy) is 1. The summed E-state index contributed by atoms with van der Waals surface area (Å²) in [6.07, 6.45) is 4.24. The Balaban J connectivity index is 2.14. The molecule has 1 aliphatic carbocycles. The van der Waals surface area contributed by atoms with Crippen LogP contribution in [0.5, 0.6) is 0 Å². The van der Waals surface area contributed by atoms with Crippen molar-refractivity contribution in [2.24, 2.45) is 0 Å². The Labute approximate surface area is 87.1 Å². The number of hydrogen-bond acceptors (Lipinski definition) is 3. The van der Waals surface area contributed by atoms with Crippen molar-refractivity contribution < 1.29 is 9.84 Å². The van der Waals surface area contributed by atoms with E-state index in [9.17, 15) is 0 Å². The predicted molar refractivity (Wildman–Crippen MR) is 57.4 cm³/mol. The van der Waals surface area contributed by atoms with Gasteiger partial charge in [0.2, 0.25) is 0 Å². The molecule has 1 saturated carbocycles. The molecule has 0 radical (unpaired) electrons. The maximum atomic E-state index is 8.93. The van der Waals surface area contributed by atoms with Gasteiger partial charge in [0.05, 0.1) is 19.3 Å². The molecule has 0 atom stereocenters. The second kappa shape index (κ2) is 6.38. The van der Waals surface area contributed by atoms with Crippen molar-refractivity contribution in [1.82, 2.24) is 4.90 Å². The van der Waals surface area contributed by atoms with Crippen LogP contribution in [0, 0.1) is 0 Å². The second-order valence-corrected chi connectivity index (χ2v) is 4.26. The van der Waals surface area contributed by atoms with Gasteiger partial charge in [0, 0.05) is 19.1 Å². The fourth-order valence-electron chi connectivity index (χ4n) is 1.76. The zero-order valence-corrected chi connectivity index (χ0v) is 9.41. The van der Waals surface area contributed by atoms with Gasteiger partial charge in [-0.05, 0) is 26.7 Å². The summed E-state index contributed by atoms with van der Waals surface area (Å²) in [4.78, 5) is 2.35. The van der Waals surface area contributed by atoms with Crippen molar-refractivity contribution in [3.63, 3.8) is 0 Å². The van der Waals surface area contributed by atoms with Crippen molar-refractivity contribution in [1.29, 1.82) is 0 Å². The number of hydrogen-bond donors (Lipinski definition) is 1. The van der Waals surface area contributed by atoms with Gasteiger partial charge in [0.1, 0.15) is 0 Å². The third-order valence-electron chi connectivity index (χ3n) is 2.81. The molecule has 0 heterocycles. The summed E-state index contributed by atoms with van der Waals surface area (Å²) in [7, 11) is 0. The highest BCUT2D eigenvalue weighted by Gasteiger charge is 2.23. The van der Waals surface area contributed by atoms with Crippen LogP contribution in [0.4, 0.5) is 0 Å². The lowest BCUT2D eigenvalue weighted by Crippen LogP contribution is -2.43. The minimum Gasteiger partial charge on any atom is -0.395 e. The maximum absolute atomic E-state index is 8.93. The molecule has 3 heteroatoms. The molecule has 1 aliphatic rings. The van der Waals surface area contributed by atoms with Gasteiger partial charge < -0.3 is 9.84 Å². The van der Waals surface area contributed by atoms with E-state index in [2.05, 4.69) is 18.7 Å². The Kier molecular flexibility index (Phi) is 5.45. The molecule has 0 aromatic heterocycles. The number of nitrogens with zero attached hydrogens (tertiary/aromatic N) is 1. The van der Waals surface area contributed by atoms with Crippen LogP contribution >= 0.6 is 0 Å². The minimum absolute atomic E-state index is 0.262. The smallest absolute Gasteiger partial charge is 0.0597 e. The van der Waals surface area contributed by atoms with Gasteiger partial charge in [-0.3, -0.25) is 4.90 Å². The molecule has 0 aromatic rings. The summed E-state index contributed by atoms with van der Waals surface area (Å²) in [6, 6.07) is 0.706. The normalized spacial score (nSPS) is 17.8. The second-order valence-electron chi connectivity index (χ2n) is 4.26. The standard InChI is InChI=1S/C11H23NO2/c1-10(2)14-9-7-12(6-8-13)11-4-3-5-11/h10-11,13H,3-9H2,1-2H3. The van der Waals surface area contributed by atoms with Gasteiger partial charge in [0.15, 0.2) is 0 Å². The lowest BCUT2D eigenvalue weighted by atomic mass is 9.91. The lowest BCUT2D eigenvalue weighted by molar-refractivity contribution is 0.0294. The van der Waals surface area contributed by atoms with Crippen molar-refractivity contribution in [2.45, 2.75) is 45.3 Å². The highest BCUT2D eigenvalue weighted by atomic mass is 16.5. The van der Waals surface area contributed by atoms with Crippen LogP contribution in [0.15, 0.2) is 0 Å². The summed E-state index contributed by atoms with van der Waals surface area (Å²) in [5.41, 5.74) is 0. The van der Waals surface area contributed by atoms with Crippen LogP contribution < -0.4 is 0 Å². The van der Waals surface area contributed by atoms with E-state index in [1.807, 2.05) is 0 Å². The van der Waals surface area contributed by atoms with E-state index in [0.717, 1.165) is 19.7 Å². The molecule has 0 spiro atoms. The largest absolute Gasteiger partial charge is 0.395 e. The van der Waals surface area contributed by atoms with E-state index < -0.39 is 0 Å². The van der Waals surface area contributed by atoms with E-state index in [-0.39, 0.29) is 6.61 Å². The molecule has 0 aliphatic heterocycles. The summed E-state index contributed by atoms with van der Waals surface area (Å²) in [6.45, 7) is 6.92. The van der Waals surface area contributed by atoms with Gasteiger partial charge in [-0.25, -0.2) is 0 Å². The Hall–Kier alpha value is -0.120. The first kappa shape index (κ1) is 12.0. The van der Waals surface area contributed by atoms with E-state index in [1.54, 1.807) is 0 Å². The predicted octanol–water partition coefficient (Wildman–Crippen LogP) is 1.26. The summed E-state index contributed by atoms with van der Waals surface area (Å²) >= 11 is 0. The van der Waals surface area contributed by atoms with Gasteiger partial charge in [-0.2, -0.15) is 0 Å². The molecule has 1 rings (SSSR count). The molecule has 0 saturated heterocycles. The van der Waals surface area contributed by atoms with E-state index >= 15 is 0 Å². The van der Waals surface area contributed by atoms with Crippen molar-refractivity contribution in [2.75, 3.05) is 26.3 Å². The molecule has 84 valence electrons. The SMILES string of the molecule is CC(C)OCCN(CCO)C1CCC1. The Morgan fingerprint density at radius 1 is 1.36 bits per heavy atom. The molecule has 14 heavy (non-hydrogen) atoms. The zero-order valence-electron chi connectivity index (χ0n) is 9.41. The van der Waals surface area contributed by atoms with Gasteiger partial charge in [0.25, 0.3) is 0 Å². The molecule has 1 fully saturated rings. The maximum Gasteiger partial charge on any atom is 0.0597 e. The number of aliphatic hydroxyl groups excluding tert-OH is 1. The quantitative estimate of drug-likeness (QED) is 0.673. The van der Waals surface area contributed by atoms with E-state index in [1.165, 1.54) is 19.3 Å². The van der Waals surface area contributed by atoms with Crippen molar-refractivity contribution in [3.8, 4) is 0 Å². The molecule has 0 amide bonds. The van der Waals surface area contributed by atoms with Gasteiger partial charge >= 0.3 is 0 Å². The van der Waals surface area contributed by atoms with E-state index in [4.69, 9.17) is 9.84 Å². The average Bonchev–Trinajstić information content (AvgIpc) is 2.00. The van der Waals surface area contributed by atoms with Gasteiger partial charge in [-0.1, -0.05) is 6.42 Å². The molecular formula is C11H23NO2. The lowest BCUT2D eigenvalue weighted by Gasteiger charge is -2.37.